The summed E-state index contributed by atoms with van der Waals surface area (Å²) in [5, 5.41) is 9.32. The van der Waals surface area contributed by atoms with E-state index in [4.69, 9.17) is 0 Å². The van der Waals surface area contributed by atoms with Gasteiger partial charge in [0.15, 0.2) is 0 Å². The van der Waals surface area contributed by atoms with Crippen molar-refractivity contribution in [2.24, 2.45) is 5.92 Å². The van der Waals surface area contributed by atoms with Crippen LogP contribution in [0.5, 0.6) is 0 Å². The summed E-state index contributed by atoms with van der Waals surface area (Å²) in [4.78, 5) is 3.34. The minimum Gasteiger partial charge on any atom is -0.370 e. The van der Waals surface area contributed by atoms with E-state index < -0.39 is 0 Å². The molecule has 0 aliphatic rings. The highest BCUT2D eigenvalue weighted by Gasteiger charge is 2.13. The fourth-order valence-corrected chi connectivity index (χ4v) is 2.47. The Bertz CT molecular complexity index is 407. The molecule has 17 heavy (non-hydrogen) atoms. The SMILES string of the molecule is CCN(CC(C)C)c1cccc(SC)c1C#N. The summed E-state index contributed by atoms with van der Waals surface area (Å²) in [6, 6.07) is 8.43. The van der Waals surface area contributed by atoms with Crippen molar-refractivity contribution in [1.29, 1.82) is 5.26 Å². The first-order valence-corrected chi connectivity index (χ1v) is 7.18. The molecule has 0 amide bonds. The van der Waals surface area contributed by atoms with Crippen LogP contribution in [0.3, 0.4) is 0 Å². The Morgan fingerprint density at radius 2 is 2.12 bits per heavy atom. The van der Waals surface area contributed by atoms with Crippen molar-refractivity contribution in [3.05, 3.63) is 23.8 Å². The molecule has 0 heterocycles. The number of nitrogens with zero attached hydrogens (tertiary/aromatic N) is 2. The first kappa shape index (κ1) is 13.9. The zero-order valence-corrected chi connectivity index (χ0v) is 11.8. The van der Waals surface area contributed by atoms with Gasteiger partial charge in [0.25, 0.3) is 0 Å². The van der Waals surface area contributed by atoms with Crippen LogP contribution >= 0.6 is 11.8 Å². The van der Waals surface area contributed by atoms with Gasteiger partial charge in [0.2, 0.25) is 0 Å². The van der Waals surface area contributed by atoms with Gasteiger partial charge in [-0.25, -0.2) is 0 Å². The summed E-state index contributed by atoms with van der Waals surface area (Å²) in [5.74, 6) is 0.597. The quantitative estimate of drug-likeness (QED) is 0.742. The summed E-state index contributed by atoms with van der Waals surface area (Å²) in [6.45, 7) is 8.46. The van der Waals surface area contributed by atoms with Gasteiger partial charge in [-0.3, -0.25) is 0 Å². The van der Waals surface area contributed by atoms with Gasteiger partial charge in [-0.2, -0.15) is 5.26 Å². The molecule has 0 N–H and O–H groups in total. The van der Waals surface area contributed by atoms with E-state index in [1.54, 1.807) is 11.8 Å². The maximum Gasteiger partial charge on any atom is 0.103 e. The van der Waals surface area contributed by atoms with Crippen molar-refractivity contribution < 1.29 is 0 Å². The monoisotopic (exact) mass is 248 g/mol. The van der Waals surface area contributed by atoms with Crippen molar-refractivity contribution in [1.82, 2.24) is 0 Å². The van der Waals surface area contributed by atoms with Gasteiger partial charge in [-0.05, 0) is 31.2 Å². The molecule has 0 spiro atoms. The zero-order chi connectivity index (χ0) is 12.8. The summed E-state index contributed by atoms with van der Waals surface area (Å²) in [7, 11) is 0. The van der Waals surface area contributed by atoms with Crippen molar-refractivity contribution in [2.75, 3.05) is 24.2 Å². The van der Waals surface area contributed by atoms with Crippen LogP contribution in [0.2, 0.25) is 0 Å². The molecule has 0 saturated heterocycles. The van der Waals surface area contributed by atoms with Crippen molar-refractivity contribution in [3.63, 3.8) is 0 Å². The molecule has 0 atom stereocenters. The van der Waals surface area contributed by atoms with E-state index in [9.17, 15) is 5.26 Å². The Morgan fingerprint density at radius 1 is 1.41 bits per heavy atom. The fourth-order valence-electron chi connectivity index (χ4n) is 1.90. The van der Waals surface area contributed by atoms with Crippen molar-refractivity contribution in [2.45, 2.75) is 25.7 Å². The molecule has 0 bridgehead atoms. The molecule has 0 radical (unpaired) electrons. The number of anilines is 1. The van der Waals surface area contributed by atoms with E-state index in [-0.39, 0.29) is 0 Å². The Morgan fingerprint density at radius 3 is 2.59 bits per heavy atom. The molecule has 3 heteroatoms. The highest BCUT2D eigenvalue weighted by molar-refractivity contribution is 7.98. The zero-order valence-electron chi connectivity index (χ0n) is 11.0. The van der Waals surface area contributed by atoms with Gasteiger partial charge >= 0.3 is 0 Å². The molecule has 0 aromatic heterocycles. The Hall–Kier alpha value is -1.14. The first-order valence-electron chi connectivity index (χ1n) is 5.96. The molecule has 0 aliphatic carbocycles. The van der Waals surface area contributed by atoms with E-state index in [0.29, 0.717) is 5.92 Å². The van der Waals surface area contributed by atoms with Crippen LogP contribution in [0.1, 0.15) is 26.3 Å². The molecular formula is C14H20N2S. The number of rotatable bonds is 5. The largest absolute Gasteiger partial charge is 0.370 e. The highest BCUT2D eigenvalue weighted by atomic mass is 32.2. The molecule has 0 unspecified atom stereocenters. The first-order chi connectivity index (χ1) is 8.13. The molecule has 1 aromatic rings. The Labute approximate surface area is 109 Å². The van der Waals surface area contributed by atoms with Gasteiger partial charge in [0, 0.05) is 18.0 Å². The summed E-state index contributed by atoms with van der Waals surface area (Å²) in [6.07, 6.45) is 2.01. The van der Waals surface area contributed by atoms with E-state index >= 15 is 0 Å². The third-order valence-electron chi connectivity index (χ3n) is 2.64. The molecule has 2 nitrogen and oxygen atoms in total. The van der Waals surface area contributed by atoms with Gasteiger partial charge in [-0.1, -0.05) is 19.9 Å². The van der Waals surface area contributed by atoms with Crippen LogP contribution in [-0.4, -0.2) is 19.3 Å². The van der Waals surface area contributed by atoms with E-state index in [1.807, 2.05) is 24.5 Å². The maximum atomic E-state index is 9.32. The molecule has 0 fully saturated rings. The summed E-state index contributed by atoms with van der Waals surface area (Å²) >= 11 is 1.63. The standard InChI is InChI=1S/C14H20N2S/c1-5-16(10-11(2)3)13-7-6-8-14(17-4)12(13)9-15/h6-8,11H,5,10H2,1-4H3. The lowest BCUT2D eigenvalue weighted by Gasteiger charge is -2.26. The third kappa shape index (κ3) is 3.41. The predicted octanol–water partition coefficient (Wildman–Crippen LogP) is 3.76. The lowest BCUT2D eigenvalue weighted by molar-refractivity contribution is 0.618. The third-order valence-corrected chi connectivity index (χ3v) is 3.42. The van der Waals surface area contributed by atoms with Crippen LogP contribution in [0.15, 0.2) is 23.1 Å². The number of benzene rings is 1. The topological polar surface area (TPSA) is 27.0 Å². The van der Waals surface area contributed by atoms with Crippen LogP contribution in [0.4, 0.5) is 5.69 Å². The molecular weight excluding hydrogens is 228 g/mol. The lowest BCUT2D eigenvalue weighted by atomic mass is 10.1. The molecule has 1 rings (SSSR count). The van der Waals surface area contributed by atoms with E-state index in [1.165, 1.54) is 0 Å². The van der Waals surface area contributed by atoms with E-state index in [2.05, 4.69) is 31.7 Å². The van der Waals surface area contributed by atoms with Gasteiger partial charge < -0.3 is 4.90 Å². The minimum atomic E-state index is 0.597. The number of thioether (sulfide) groups is 1. The van der Waals surface area contributed by atoms with Gasteiger partial charge in [0.1, 0.15) is 6.07 Å². The summed E-state index contributed by atoms with van der Waals surface area (Å²) in [5.41, 5.74) is 1.87. The second kappa shape index (κ2) is 6.56. The molecule has 1 aromatic carbocycles. The lowest BCUT2D eigenvalue weighted by Crippen LogP contribution is -2.28. The number of hydrogen-bond donors (Lipinski definition) is 0. The summed E-state index contributed by atoms with van der Waals surface area (Å²) < 4.78 is 0. The van der Waals surface area contributed by atoms with Crippen LogP contribution < -0.4 is 4.90 Å². The Kier molecular flexibility index (Phi) is 5.37. The second-order valence-corrected chi connectivity index (χ2v) is 5.25. The normalized spacial score (nSPS) is 10.4. The van der Waals surface area contributed by atoms with Crippen LogP contribution in [0, 0.1) is 17.2 Å². The van der Waals surface area contributed by atoms with Crippen molar-refractivity contribution in [3.8, 4) is 6.07 Å². The van der Waals surface area contributed by atoms with Crippen molar-refractivity contribution >= 4 is 17.4 Å². The fraction of sp³-hybridized carbons (Fsp3) is 0.500. The second-order valence-electron chi connectivity index (χ2n) is 4.40. The maximum absolute atomic E-state index is 9.32. The molecule has 0 aliphatic heterocycles. The minimum absolute atomic E-state index is 0.597. The number of nitriles is 1. The average molecular weight is 248 g/mol. The molecule has 92 valence electrons. The number of hydrogen-bond acceptors (Lipinski definition) is 3. The van der Waals surface area contributed by atoms with Gasteiger partial charge in [0.05, 0.1) is 11.3 Å². The van der Waals surface area contributed by atoms with Crippen LogP contribution in [-0.2, 0) is 0 Å². The smallest absolute Gasteiger partial charge is 0.103 e. The predicted molar refractivity (Wildman–Crippen MR) is 75.7 cm³/mol. The Balaban J connectivity index is 3.15. The average Bonchev–Trinajstić information content (AvgIpc) is 2.34. The van der Waals surface area contributed by atoms with E-state index in [0.717, 1.165) is 29.2 Å². The molecule has 0 saturated carbocycles. The highest BCUT2D eigenvalue weighted by Crippen LogP contribution is 2.29. The van der Waals surface area contributed by atoms with Crippen LogP contribution in [0.25, 0.3) is 0 Å². The van der Waals surface area contributed by atoms with Gasteiger partial charge in [-0.15, -0.1) is 11.8 Å².